The number of carbonyl (C=O) groups is 2. The zero-order valence-electron chi connectivity index (χ0n) is 15.4. The molecule has 2 aromatic rings. The average Bonchev–Trinajstić information content (AvgIpc) is 2.64. The number of carbonyl (C=O) groups excluding carboxylic acids is 2. The van der Waals surface area contributed by atoms with E-state index in [4.69, 9.17) is 32.7 Å². The van der Waals surface area contributed by atoms with Gasteiger partial charge in [0.2, 0.25) is 0 Å². The van der Waals surface area contributed by atoms with Crippen LogP contribution in [0, 0.1) is 6.92 Å². The molecule has 2 rings (SSSR count). The van der Waals surface area contributed by atoms with Gasteiger partial charge in [0, 0.05) is 13.6 Å². The number of methoxy groups -OCH3 is 1. The Hall–Kier alpha value is -2.24. The van der Waals surface area contributed by atoms with Gasteiger partial charge in [0.15, 0.2) is 6.61 Å². The van der Waals surface area contributed by atoms with Crippen molar-refractivity contribution < 1.29 is 19.1 Å². The van der Waals surface area contributed by atoms with Crippen molar-refractivity contribution in [3.8, 4) is 5.75 Å². The number of benzene rings is 2. The first-order chi connectivity index (χ1) is 12.8. The fourth-order valence-electron chi connectivity index (χ4n) is 2.44. The summed E-state index contributed by atoms with van der Waals surface area (Å²) in [5.74, 6) is -0.0779. The molecule has 1 amide bonds. The van der Waals surface area contributed by atoms with Gasteiger partial charge in [-0.1, -0.05) is 41.4 Å². The zero-order chi connectivity index (χ0) is 20.0. The molecule has 144 valence electrons. The molecule has 0 aliphatic rings. The smallest absolute Gasteiger partial charge is 0.310 e. The molecule has 0 aromatic heterocycles. The molecular formula is C20H21Cl2NO4. The third kappa shape index (κ3) is 6.15. The average molecular weight is 410 g/mol. The standard InChI is InChI=1S/C20H21Cl2NO4/c1-13-4-5-14(9-18(13)26-3)10-20(25)27-12-19(24)23(2)11-15-6-7-16(21)17(22)8-15/h4-9H,10-12H2,1-3H3. The van der Waals surface area contributed by atoms with Gasteiger partial charge in [0.1, 0.15) is 5.75 Å². The molecule has 0 atom stereocenters. The van der Waals surface area contributed by atoms with E-state index in [1.165, 1.54) is 4.90 Å². The molecule has 0 saturated carbocycles. The lowest BCUT2D eigenvalue weighted by Crippen LogP contribution is -2.31. The maximum Gasteiger partial charge on any atom is 0.310 e. The molecule has 5 nitrogen and oxygen atoms in total. The SMILES string of the molecule is COc1cc(CC(=O)OCC(=O)N(C)Cc2ccc(Cl)c(Cl)c2)ccc1C. The van der Waals surface area contributed by atoms with E-state index in [-0.39, 0.29) is 18.9 Å². The van der Waals surface area contributed by atoms with Crippen molar-refractivity contribution in [2.45, 2.75) is 19.9 Å². The van der Waals surface area contributed by atoms with Crippen molar-refractivity contribution in [3.63, 3.8) is 0 Å². The molecule has 2 aromatic carbocycles. The molecule has 0 radical (unpaired) electrons. The molecule has 0 saturated heterocycles. The maximum absolute atomic E-state index is 12.2. The van der Waals surface area contributed by atoms with Crippen molar-refractivity contribution in [1.82, 2.24) is 4.90 Å². The van der Waals surface area contributed by atoms with E-state index < -0.39 is 5.97 Å². The summed E-state index contributed by atoms with van der Waals surface area (Å²) in [4.78, 5) is 25.6. The van der Waals surface area contributed by atoms with E-state index in [0.29, 0.717) is 22.3 Å². The highest BCUT2D eigenvalue weighted by atomic mass is 35.5. The number of ether oxygens (including phenoxy) is 2. The summed E-state index contributed by atoms with van der Waals surface area (Å²) in [5, 5.41) is 0.881. The highest BCUT2D eigenvalue weighted by molar-refractivity contribution is 6.42. The second kappa shape index (κ2) is 9.62. The first-order valence-electron chi connectivity index (χ1n) is 8.27. The van der Waals surface area contributed by atoms with Gasteiger partial charge >= 0.3 is 5.97 Å². The minimum absolute atomic E-state index is 0.0699. The lowest BCUT2D eigenvalue weighted by atomic mass is 10.1. The molecule has 0 spiro atoms. The summed E-state index contributed by atoms with van der Waals surface area (Å²) >= 11 is 11.9. The minimum atomic E-state index is -0.475. The van der Waals surface area contributed by atoms with Gasteiger partial charge < -0.3 is 14.4 Å². The van der Waals surface area contributed by atoms with Crippen LogP contribution in [0.3, 0.4) is 0 Å². The van der Waals surface area contributed by atoms with E-state index >= 15 is 0 Å². The van der Waals surface area contributed by atoms with Crippen molar-refractivity contribution in [2.24, 2.45) is 0 Å². The number of hydrogen-bond acceptors (Lipinski definition) is 4. The number of amides is 1. The van der Waals surface area contributed by atoms with Gasteiger partial charge in [-0.3, -0.25) is 9.59 Å². The van der Waals surface area contributed by atoms with Crippen molar-refractivity contribution in [2.75, 3.05) is 20.8 Å². The largest absolute Gasteiger partial charge is 0.496 e. The lowest BCUT2D eigenvalue weighted by molar-refractivity contribution is -0.151. The van der Waals surface area contributed by atoms with Gasteiger partial charge in [0.25, 0.3) is 5.91 Å². The summed E-state index contributed by atoms with van der Waals surface area (Å²) in [6.07, 6.45) is 0.0699. The Bertz CT molecular complexity index is 839. The number of halogens is 2. The van der Waals surface area contributed by atoms with Crippen LogP contribution in [0.25, 0.3) is 0 Å². The van der Waals surface area contributed by atoms with Crippen LogP contribution in [-0.2, 0) is 27.3 Å². The summed E-state index contributed by atoms with van der Waals surface area (Å²) in [6, 6.07) is 10.6. The summed E-state index contributed by atoms with van der Waals surface area (Å²) in [6.45, 7) is 1.94. The van der Waals surface area contributed by atoms with Crippen molar-refractivity contribution in [1.29, 1.82) is 0 Å². The fraction of sp³-hybridized carbons (Fsp3) is 0.300. The van der Waals surface area contributed by atoms with Gasteiger partial charge in [-0.15, -0.1) is 0 Å². The summed E-state index contributed by atoms with van der Waals surface area (Å²) < 4.78 is 10.3. The molecule has 0 heterocycles. The van der Waals surface area contributed by atoms with Crippen LogP contribution in [0.5, 0.6) is 5.75 Å². The van der Waals surface area contributed by atoms with Crippen molar-refractivity contribution >= 4 is 35.1 Å². The van der Waals surface area contributed by atoms with Crippen LogP contribution < -0.4 is 4.74 Å². The van der Waals surface area contributed by atoms with Crippen LogP contribution in [0.15, 0.2) is 36.4 Å². The number of likely N-dealkylation sites (N-methyl/N-ethyl adjacent to an activating group) is 1. The minimum Gasteiger partial charge on any atom is -0.496 e. The molecule has 7 heteroatoms. The first kappa shape index (κ1) is 21.1. The highest BCUT2D eigenvalue weighted by Crippen LogP contribution is 2.23. The van der Waals surface area contributed by atoms with Crippen LogP contribution >= 0.6 is 23.2 Å². The van der Waals surface area contributed by atoms with Gasteiger partial charge in [-0.05, 0) is 41.8 Å². The molecule has 0 unspecified atom stereocenters. The Morgan fingerprint density at radius 2 is 1.74 bits per heavy atom. The van der Waals surface area contributed by atoms with Crippen molar-refractivity contribution in [3.05, 3.63) is 63.1 Å². The third-order valence-corrected chi connectivity index (χ3v) is 4.75. The Kier molecular flexibility index (Phi) is 7.51. The van der Waals surface area contributed by atoms with E-state index in [0.717, 1.165) is 16.7 Å². The van der Waals surface area contributed by atoms with Crippen LogP contribution in [0.4, 0.5) is 0 Å². The Labute approximate surface area is 168 Å². The molecule has 27 heavy (non-hydrogen) atoms. The topological polar surface area (TPSA) is 55.8 Å². The molecule has 0 aliphatic heterocycles. The Balaban J connectivity index is 1.84. The fourth-order valence-corrected chi connectivity index (χ4v) is 2.77. The molecule has 0 fully saturated rings. The Morgan fingerprint density at radius 1 is 1.04 bits per heavy atom. The van der Waals surface area contributed by atoms with E-state index in [1.807, 2.05) is 19.1 Å². The number of esters is 1. The summed E-state index contributed by atoms with van der Waals surface area (Å²) in [5.41, 5.74) is 2.58. The van der Waals surface area contributed by atoms with Crippen LogP contribution in [0.1, 0.15) is 16.7 Å². The quantitative estimate of drug-likeness (QED) is 0.647. The second-order valence-electron chi connectivity index (χ2n) is 6.14. The monoisotopic (exact) mass is 409 g/mol. The van der Waals surface area contributed by atoms with Gasteiger partial charge in [0.05, 0.1) is 23.6 Å². The van der Waals surface area contributed by atoms with Gasteiger partial charge in [-0.25, -0.2) is 0 Å². The molecule has 0 N–H and O–H groups in total. The maximum atomic E-state index is 12.2. The molecule has 0 bridgehead atoms. The van der Waals surface area contributed by atoms with Crippen LogP contribution in [-0.4, -0.2) is 37.5 Å². The predicted molar refractivity (Wildman–Crippen MR) is 105 cm³/mol. The normalized spacial score (nSPS) is 10.4. The highest BCUT2D eigenvalue weighted by Gasteiger charge is 2.14. The van der Waals surface area contributed by atoms with Gasteiger partial charge in [-0.2, -0.15) is 0 Å². The second-order valence-corrected chi connectivity index (χ2v) is 6.95. The first-order valence-corrected chi connectivity index (χ1v) is 9.02. The zero-order valence-corrected chi connectivity index (χ0v) is 16.9. The number of aryl methyl sites for hydroxylation is 1. The van der Waals surface area contributed by atoms with E-state index in [9.17, 15) is 9.59 Å². The number of hydrogen-bond donors (Lipinski definition) is 0. The molecule has 0 aliphatic carbocycles. The molecular weight excluding hydrogens is 389 g/mol. The number of rotatable bonds is 7. The van der Waals surface area contributed by atoms with E-state index in [1.54, 1.807) is 38.4 Å². The Morgan fingerprint density at radius 3 is 2.41 bits per heavy atom. The van der Waals surface area contributed by atoms with Crippen LogP contribution in [0.2, 0.25) is 10.0 Å². The summed E-state index contributed by atoms with van der Waals surface area (Å²) in [7, 11) is 3.20. The van der Waals surface area contributed by atoms with E-state index in [2.05, 4.69) is 0 Å². The third-order valence-electron chi connectivity index (χ3n) is 4.01. The predicted octanol–water partition coefficient (Wildman–Crippen LogP) is 4.05. The lowest BCUT2D eigenvalue weighted by Gasteiger charge is -2.17. The number of nitrogens with zero attached hydrogens (tertiary/aromatic N) is 1.